The number of piperazine rings is 1. The zero-order valence-corrected chi connectivity index (χ0v) is 19.4. The Hall–Kier alpha value is -3.08. The van der Waals surface area contributed by atoms with Crippen LogP contribution in [-0.2, 0) is 22.6 Å². The number of carbonyl (C=O) groups is 1. The lowest BCUT2D eigenvalue weighted by molar-refractivity contribution is -0.136. The van der Waals surface area contributed by atoms with E-state index >= 15 is 0 Å². The molecule has 33 heavy (non-hydrogen) atoms. The first-order valence-corrected chi connectivity index (χ1v) is 11.7. The lowest BCUT2D eigenvalue weighted by Gasteiger charge is -2.35. The Morgan fingerprint density at radius 2 is 1.97 bits per heavy atom. The highest BCUT2D eigenvalue weighted by atomic mass is 32.1. The summed E-state index contributed by atoms with van der Waals surface area (Å²) >= 11 is 1.32. The number of nitrogens with zero attached hydrogens (tertiary/aromatic N) is 5. The zero-order chi connectivity index (χ0) is 23.0. The Kier molecular flexibility index (Phi) is 7.82. The summed E-state index contributed by atoms with van der Waals surface area (Å²) in [6, 6.07) is 12.1. The maximum atomic E-state index is 10.9. The summed E-state index contributed by atoms with van der Waals surface area (Å²) in [5.74, 6) is 1.35. The van der Waals surface area contributed by atoms with Crippen LogP contribution in [-0.4, -0.2) is 70.3 Å². The van der Waals surface area contributed by atoms with Gasteiger partial charge in [0.15, 0.2) is 5.13 Å². The summed E-state index contributed by atoms with van der Waals surface area (Å²) in [6.07, 6.45) is 1.55. The molecule has 1 aromatic carbocycles. The van der Waals surface area contributed by atoms with Gasteiger partial charge in [-0.25, -0.2) is 15.0 Å². The Morgan fingerprint density at radius 3 is 2.73 bits per heavy atom. The minimum atomic E-state index is -0.868. The molecule has 0 saturated carbocycles. The van der Waals surface area contributed by atoms with E-state index in [0.29, 0.717) is 34.9 Å². The molecule has 0 atom stereocenters. The van der Waals surface area contributed by atoms with Crippen molar-refractivity contribution in [2.45, 2.75) is 20.0 Å². The number of carboxylic acids is 1. The number of rotatable bonds is 10. The van der Waals surface area contributed by atoms with Crippen molar-refractivity contribution in [3.63, 3.8) is 0 Å². The molecule has 10 heteroatoms. The van der Waals surface area contributed by atoms with Crippen LogP contribution in [0.1, 0.15) is 16.3 Å². The molecule has 1 aliphatic heterocycles. The van der Waals surface area contributed by atoms with Gasteiger partial charge in [-0.2, -0.15) is 0 Å². The van der Waals surface area contributed by atoms with E-state index < -0.39 is 5.97 Å². The van der Waals surface area contributed by atoms with Crippen molar-refractivity contribution >= 4 is 34.1 Å². The molecule has 2 aromatic heterocycles. The molecular weight excluding hydrogens is 440 g/mol. The normalized spacial score (nSPS) is 14.4. The number of ether oxygens (including phenoxy) is 1. The first-order chi connectivity index (χ1) is 16.0. The molecule has 0 bridgehead atoms. The lowest BCUT2D eigenvalue weighted by atomic mass is 10.2. The fourth-order valence-corrected chi connectivity index (χ4v) is 4.45. The number of hydrogen-bond acceptors (Lipinski definition) is 9. The van der Waals surface area contributed by atoms with Gasteiger partial charge in [0.05, 0.1) is 19.6 Å². The zero-order valence-electron chi connectivity index (χ0n) is 18.6. The minimum absolute atomic E-state index is 0.0328. The molecule has 9 nitrogen and oxygen atoms in total. The molecule has 3 heterocycles. The summed E-state index contributed by atoms with van der Waals surface area (Å²) in [6.45, 7) is 7.81. The van der Waals surface area contributed by atoms with Crippen LogP contribution in [0.25, 0.3) is 0 Å². The number of hydrogen-bond donors (Lipinski definition) is 2. The van der Waals surface area contributed by atoms with E-state index in [0.717, 1.165) is 38.5 Å². The van der Waals surface area contributed by atoms with Crippen LogP contribution >= 0.6 is 11.3 Å². The van der Waals surface area contributed by atoms with E-state index in [1.807, 2.05) is 31.2 Å². The molecule has 0 unspecified atom stereocenters. The summed E-state index contributed by atoms with van der Waals surface area (Å²) in [5.41, 5.74) is 1.20. The van der Waals surface area contributed by atoms with Crippen LogP contribution in [0.2, 0.25) is 0 Å². The third-order valence-corrected chi connectivity index (χ3v) is 6.21. The van der Waals surface area contributed by atoms with Crippen molar-refractivity contribution < 1.29 is 14.6 Å². The van der Waals surface area contributed by atoms with Crippen LogP contribution < -0.4 is 10.2 Å². The van der Waals surface area contributed by atoms with Gasteiger partial charge in [0.2, 0.25) is 0 Å². The fourth-order valence-electron chi connectivity index (χ4n) is 3.64. The number of aliphatic carboxylic acids is 1. The number of anilines is 3. The summed E-state index contributed by atoms with van der Waals surface area (Å²) in [4.78, 5) is 29.6. The SMILES string of the molecule is Cc1nc(Nc2ncc(CC(=O)O)s2)cc(N2CCN(CCOCc3ccccc3)CC2)n1. The summed E-state index contributed by atoms with van der Waals surface area (Å²) in [5, 5.41) is 12.7. The van der Waals surface area contributed by atoms with Crippen molar-refractivity contribution in [3.05, 3.63) is 58.9 Å². The van der Waals surface area contributed by atoms with Gasteiger partial charge in [0.1, 0.15) is 17.5 Å². The molecule has 0 radical (unpaired) electrons. The Balaban J connectivity index is 1.26. The molecule has 0 aliphatic carbocycles. The number of aromatic nitrogens is 3. The van der Waals surface area contributed by atoms with Crippen LogP contribution in [0, 0.1) is 6.92 Å². The van der Waals surface area contributed by atoms with E-state index in [2.05, 4.69) is 42.2 Å². The molecule has 174 valence electrons. The van der Waals surface area contributed by atoms with Gasteiger partial charge >= 0.3 is 5.97 Å². The number of thiazole rings is 1. The standard InChI is InChI=1S/C23H28N6O3S/c1-17-25-20(27-23-24-15-19(33-23)13-22(30)31)14-21(26-17)29-9-7-28(8-10-29)11-12-32-16-18-5-3-2-4-6-18/h2-6,14-15H,7-13,16H2,1H3,(H,30,31)(H,24,25,26,27). The van der Waals surface area contributed by atoms with Crippen LogP contribution in [0.5, 0.6) is 0 Å². The monoisotopic (exact) mass is 468 g/mol. The first kappa shape index (κ1) is 23.1. The Labute approximate surface area is 197 Å². The molecule has 0 amide bonds. The van der Waals surface area contributed by atoms with E-state index in [1.54, 1.807) is 6.20 Å². The van der Waals surface area contributed by atoms with Crippen molar-refractivity contribution in [1.82, 2.24) is 19.9 Å². The summed E-state index contributed by atoms with van der Waals surface area (Å²) < 4.78 is 5.82. The molecule has 3 aromatic rings. The minimum Gasteiger partial charge on any atom is -0.481 e. The predicted molar refractivity (Wildman–Crippen MR) is 128 cm³/mol. The third-order valence-electron chi connectivity index (χ3n) is 5.30. The highest BCUT2D eigenvalue weighted by Crippen LogP contribution is 2.24. The van der Waals surface area contributed by atoms with Crippen LogP contribution in [0.3, 0.4) is 0 Å². The third kappa shape index (κ3) is 6.95. The summed E-state index contributed by atoms with van der Waals surface area (Å²) in [7, 11) is 0. The van der Waals surface area contributed by atoms with Crippen LogP contribution in [0.4, 0.5) is 16.8 Å². The average Bonchev–Trinajstić information content (AvgIpc) is 3.23. The van der Waals surface area contributed by atoms with Crippen LogP contribution in [0.15, 0.2) is 42.6 Å². The van der Waals surface area contributed by atoms with E-state index in [1.165, 1.54) is 16.9 Å². The second-order valence-corrected chi connectivity index (χ2v) is 8.97. The number of aryl methyl sites for hydroxylation is 1. The van der Waals surface area contributed by atoms with E-state index in [4.69, 9.17) is 9.84 Å². The largest absolute Gasteiger partial charge is 0.481 e. The highest BCUT2D eigenvalue weighted by Gasteiger charge is 2.19. The van der Waals surface area contributed by atoms with Gasteiger partial charge < -0.3 is 20.1 Å². The maximum Gasteiger partial charge on any atom is 0.308 e. The molecule has 1 saturated heterocycles. The average molecular weight is 469 g/mol. The quantitative estimate of drug-likeness (QED) is 0.435. The van der Waals surface area contributed by atoms with Crippen molar-refractivity contribution in [1.29, 1.82) is 0 Å². The molecule has 0 spiro atoms. The van der Waals surface area contributed by atoms with Gasteiger partial charge in [-0.1, -0.05) is 30.3 Å². The Bertz CT molecular complexity index is 1050. The van der Waals surface area contributed by atoms with Gasteiger partial charge in [-0.3, -0.25) is 9.69 Å². The molecule has 4 rings (SSSR count). The molecule has 1 aliphatic rings. The Morgan fingerprint density at radius 1 is 1.18 bits per heavy atom. The van der Waals surface area contributed by atoms with E-state index in [9.17, 15) is 4.79 Å². The fraction of sp³-hybridized carbons (Fsp3) is 0.391. The first-order valence-electron chi connectivity index (χ1n) is 10.9. The molecule has 1 fully saturated rings. The molecular formula is C23H28N6O3S. The highest BCUT2D eigenvalue weighted by molar-refractivity contribution is 7.15. The molecule has 2 N–H and O–H groups in total. The second kappa shape index (κ2) is 11.2. The second-order valence-electron chi connectivity index (χ2n) is 7.85. The van der Waals surface area contributed by atoms with Gasteiger partial charge in [-0.05, 0) is 12.5 Å². The van der Waals surface area contributed by atoms with Crippen molar-refractivity contribution in [3.8, 4) is 0 Å². The van der Waals surface area contributed by atoms with Crippen molar-refractivity contribution in [2.24, 2.45) is 0 Å². The van der Waals surface area contributed by atoms with Crippen molar-refractivity contribution in [2.75, 3.05) is 49.5 Å². The predicted octanol–water partition coefficient (Wildman–Crippen LogP) is 2.95. The van der Waals surface area contributed by atoms with E-state index in [-0.39, 0.29) is 6.42 Å². The topological polar surface area (TPSA) is 104 Å². The van der Waals surface area contributed by atoms with Gasteiger partial charge in [0, 0.05) is 49.9 Å². The number of carboxylic acid groups (broad SMARTS) is 1. The van der Waals surface area contributed by atoms with Gasteiger partial charge in [0.25, 0.3) is 0 Å². The lowest BCUT2D eigenvalue weighted by Crippen LogP contribution is -2.47. The number of benzene rings is 1. The number of nitrogens with one attached hydrogen (secondary N) is 1. The smallest absolute Gasteiger partial charge is 0.308 e. The maximum absolute atomic E-state index is 10.9. The van der Waals surface area contributed by atoms with Gasteiger partial charge in [-0.15, -0.1) is 11.3 Å².